The van der Waals surface area contributed by atoms with Crippen molar-refractivity contribution in [3.63, 3.8) is 0 Å². The van der Waals surface area contributed by atoms with Crippen LogP contribution in [0.25, 0.3) is 0 Å². The number of ether oxygens (including phenoxy) is 1. The molecular formula is C17H25NO. The van der Waals surface area contributed by atoms with Crippen LogP contribution < -0.4 is 5.32 Å². The van der Waals surface area contributed by atoms with Gasteiger partial charge in [0.25, 0.3) is 0 Å². The molecule has 2 heteroatoms. The summed E-state index contributed by atoms with van der Waals surface area (Å²) in [6, 6.07) is 4.54. The summed E-state index contributed by atoms with van der Waals surface area (Å²) in [6.45, 7) is 8.42. The maximum Gasteiger partial charge on any atom is 0.0955 e. The number of morpholine rings is 1. The van der Waals surface area contributed by atoms with Gasteiger partial charge in [0.15, 0.2) is 0 Å². The largest absolute Gasteiger partial charge is 0.370 e. The van der Waals surface area contributed by atoms with Crippen molar-refractivity contribution in [1.29, 1.82) is 0 Å². The van der Waals surface area contributed by atoms with Crippen LogP contribution in [0.5, 0.6) is 0 Å². The molecule has 1 saturated heterocycles. The van der Waals surface area contributed by atoms with E-state index in [0.29, 0.717) is 5.54 Å². The molecule has 1 saturated carbocycles. The third-order valence-electron chi connectivity index (χ3n) is 4.84. The average Bonchev–Trinajstić information content (AvgIpc) is 2.79. The van der Waals surface area contributed by atoms with E-state index in [2.05, 4.69) is 38.2 Å². The average molecular weight is 259 g/mol. The van der Waals surface area contributed by atoms with Crippen LogP contribution in [0.4, 0.5) is 0 Å². The molecule has 1 aromatic rings. The summed E-state index contributed by atoms with van der Waals surface area (Å²) < 4.78 is 6.24. The number of benzene rings is 1. The molecule has 1 unspecified atom stereocenters. The second-order valence-electron chi connectivity index (χ2n) is 6.48. The molecule has 1 atom stereocenters. The first-order valence-electron chi connectivity index (χ1n) is 7.54. The Hall–Kier alpha value is -0.860. The lowest BCUT2D eigenvalue weighted by molar-refractivity contribution is -0.0331. The molecule has 0 aromatic heterocycles. The van der Waals surface area contributed by atoms with Gasteiger partial charge in [0, 0.05) is 12.1 Å². The molecule has 3 rings (SSSR count). The minimum Gasteiger partial charge on any atom is -0.370 e. The molecule has 1 spiro atoms. The van der Waals surface area contributed by atoms with Crippen molar-refractivity contribution in [1.82, 2.24) is 5.32 Å². The van der Waals surface area contributed by atoms with Crippen molar-refractivity contribution in [2.75, 3.05) is 13.2 Å². The molecule has 0 radical (unpaired) electrons. The molecule has 1 aromatic carbocycles. The molecule has 2 nitrogen and oxygen atoms in total. The van der Waals surface area contributed by atoms with Gasteiger partial charge in [-0.2, -0.15) is 0 Å². The lowest BCUT2D eigenvalue weighted by Crippen LogP contribution is -2.53. The van der Waals surface area contributed by atoms with E-state index in [0.717, 1.165) is 13.2 Å². The van der Waals surface area contributed by atoms with Crippen LogP contribution in [-0.4, -0.2) is 18.7 Å². The summed E-state index contributed by atoms with van der Waals surface area (Å²) in [5.74, 6) is 0. The predicted octanol–water partition coefficient (Wildman–Crippen LogP) is 3.59. The first kappa shape index (κ1) is 13.1. The van der Waals surface area contributed by atoms with E-state index >= 15 is 0 Å². The highest BCUT2D eigenvalue weighted by Crippen LogP contribution is 2.36. The monoisotopic (exact) mass is 259 g/mol. The first-order chi connectivity index (χ1) is 9.10. The van der Waals surface area contributed by atoms with Crippen molar-refractivity contribution < 1.29 is 4.74 Å². The van der Waals surface area contributed by atoms with E-state index in [1.54, 1.807) is 0 Å². The number of hydrogen-bond acceptors (Lipinski definition) is 2. The Morgan fingerprint density at radius 3 is 2.26 bits per heavy atom. The molecule has 0 amide bonds. The smallest absolute Gasteiger partial charge is 0.0955 e. The lowest BCUT2D eigenvalue weighted by atomic mass is 9.91. The Balaban J connectivity index is 1.78. The van der Waals surface area contributed by atoms with Crippen LogP contribution in [0.1, 0.15) is 54.0 Å². The van der Waals surface area contributed by atoms with Gasteiger partial charge in [0.05, 0.1) is 12.7 Å². The van der Waals surface area contributed by atoms with Gasteiger partial charge in [-0.05, 0) is 50.3 Å². The topological polar surface area (TPSA) is 21.3 Å². The normalized spacial score (nSPS) is 25.9. The number of rotatable bonds is 1. The Morgan fingerprint density at radius 2 is 1.74 bits per heavy atom. The van der Waals surface area contributed by atoms with Crippen molar-refractivity contribution in [3.8, 4) is 0 Å². The summed E-state index contributed by atoms with van der Waals surface area (Å²) in [7, 11) is 0. The van der Waals surface area contributed by atoms with Crippen molar-refractivity contribution in [3.05, 3.63) is 34.4 Å². The molecule has 1 aliphatic heterocycles. The fourth-order valence-electron chi connectivity index (χ4n) is 3.94. The minimum absolute atomic E-state index is 0.229. The molecule has 104 valence electrons. The van der Waals surface area contributed by atoms with Crippen molar-refractivity contribution >= 4 is 0 Å². The van der Waals surface area contributed by atoms with E-state index in [4.69, 9.17) is 4.74 Å². The van der Waals surface area contributed by atoms with Crippen molar-refractivity contribution in [2.24, 2.45) is 0 Å². The molecule has 1 aliphatic carbocycles. The van der Waals surface area contributed by atoms with Crippen LogP contribution in [0, 0.1) is 20.8 Å². The summed E-state index contributed by atoms with van der Waals surface area (Å²) >= 11 is 0. The first-order valence-corrected chi connectivity index (χ1v) is 7.54. The molecule has 19 heavy (non-hydrogen) atoms. The van der Waals surface area contributed by atoms with Gasteiger partial charge in [0.1, 0.15) is 0 Å². The summed E-state index contributed by atoms with van der Waals surface area (Å²) in [5.41, 5.74) is 5.77. The van der Waals surface area contributed by atoms with E-state index in [9.17, 15) is 0 Å². The Labute approximate surface area is 116 Å². The van der Waals surface area contributed by atoms with Gasteiger partial charge in [0.2, 0.25) is 0 Å². The maximum absolute atomic E-state index is 6.24. The fraction of sp³-hybridized carbons (Fsp3) is 0.647. The molecule has 2 fully saturated rings. The zero-order chi connectivity index (χ0) is 13.5. The zero-order valence-electron chi connectivity index (χ0n) is 12.4. The lowest BCUT2D eigenvalue weighted by Gasteiger charge is -2.39. The summed E-state index contributed by atoms with van der Waals surface area (Å²) in [4.78, 5) is 0. The molecular weight excluding hydrogens is 234 g/mol. The van der Waals surface area contributed by atoms with Crippen LogP contribution >= 0.6 is 0 Å². The fourth-order valence-corrected chi connectivity index (χ4v) is 3.94. The second-order valence-corrected chi connectivity index (χ2v) is 6.48. The molecule has 1 heterocycles. The summed E-state index contributed by atoms with van der Waals surface area (Å²) in [6.07, 6.45) is 5.50. The van der Waals surface area contributed by atoms with E-state index in [-0.39, 0.29) is 6.10 Å². The number of hydrogen-bond donors (Lipinski definition) is 1. The highest BCUT2D eigenvalue weighted by molar-refractivity contribution is 5.39. The quantitative estimate of drug-likeness (QED) is 0.832. The Morgan fingerprint density at radius 1 is 1.11 bits per heavy atom. The van der Waals surface area contributed by atoms with Crippen LogP contribution in [-0.2, 0) is 4.74 Å². The van der Waals surface area contributed by atoms with E-state index in [1.807, 2.05) is 0 Å². The molecule has 0 bridgehead atoms. The maximum atomic E-state index is 6.24. The zero-order valence-corrected chi connectivity index (χ0v) is 12.4. The van der Waals surface area contributed by atoms with Gasteiger partial charge < -0.3 is 10.1 Å². The van der Waals surface area contributed by atoms with Gasteiger partial charge in [-0.1, -0.05) is 30.5 Å². The molecule has 2 aliphatic rings. The Bertz CT molecular complexity index is 441. The summed E-state index contributed by atoms with van der Waals surface area (Å²) in [5, 5.41) is 3.79. The number of nitrogens with one attached hydrogen (secondary N) is 1. The van der Waals surface area contributed by atoms with Gasteiger partial charge in [-0.15, -0.1) is 0 Å². The third kappa shape index (κ3) is 2.44. The van der Waals surface area contributed by atoms with Crippen LogP contribution in [0.2, 0.25) is 0 Å². The van der Waals surface area contributed by atoms with Crippen LogP contribution in [0.15, 0.2) is 12.1 Å². The van der Waals surface area contributed by atoms with Crippen LogP contribution in [0.3, 0.4) is 0 Å². The molecule has 1 N–H and O–H groups in total. The van der Waals surface area contributed by atoms with Crippen molar-refractivity contribution in [2.45, 2.75) is 58.1 Å². The van der Waals surface area contributed by atoms with Gasteiger partial charge in [-0.3, -0.25) is 0 Å². The third-order valence-corrected chi connectivity index (χ3v) is 4.84. The van der Waals surface area contributed by atoms with E-state index in [1.165, 1.54) is 47.9 Å². The predicted molar refractivity (Wildman–Crippen MR) is 78.5 cm³/mol. The second kappa shape index (κ2) is 4.92. The Kier molecular flexibility index (Phi) is 3.40. The van der Waals surface area contributed by atoms with Gasteiger partial charge in [-0.25, -0.2) is 0 Å². The highest BCUT2D eigenvalue weighted by Gasteiger charge is 2.38. The highest BCUT2D eigenvalue weighted by atomic mass is 16.5. The standard InChI is InChI=1S/C17H25NO/c1-12-8-13(2)16(14(3)9-12)15-10-18-17(11-19-15)6-4-5-7-17/h8-9,15,18H,4-7,10-11H2,1-3H3. The number of aryl methyl sites for hydroxylation is 3. The SMILES string of the molecule is Cc1cc(C)c(C2CNC3(CCCC3)CO2)c(C)c1. The van der Waals surface area contributed by atoms with E-state index < -0.39 is 0 Å². The van der Waals surface area contributed by atoms with Gasteiger partial charge >= 0.3 is 0 Å². The minimum atomic E-state index is 0.229.